The third-order valence-corrected chi connectivity index (χ3v) is 5.86. The predicted molar refractivity (Wildman–Crippen MR) is 41.1 cm³/mol. The first kappa shape index (κ1) is 6.34. The van der Waals surface area contributed by atoms with Crippen LogP contribution in [0.25, 0.3) is 0 Å². The molecular formula is C7H16Si. The van der Waals surface area contributed by atoms with Gasteiger partial charge in [0.15, 0.2) is 0 Å². The highest BCUT2D eigenvalue weighted by Gasteiger charge is 2.17. The highest BCUT2D eigenvalue weighted by Crippen LogP contribution is 2.24. The molecule has 0 spiro atoms. The molecule has 0 atom stereocenters. The monoisotopic (exact) mass is 128 g/mol. The largest absolute Gasteiger partial charge is 0.0654 e. The van der Waals surface area contributed by atoms with Gasteiger partial charge >= 0.3 is 0 Å². The Hall–Kier alpha value is 0.217. The molecule has 8 heavy (non-hydrogen) atoms. The molecule has 1 fully saturated rings. The summed E-state index contributed by atoms with van der Waals surface area (Å²) in [5.74, 6) is 0. The molecule has 0 nitrogen and oxygen atoms in total. The Morgan fingerprint density at radius 2 is 2.12 bits per heavy atom. The Labute approximate surface area is 53.9 Å². The van der Waals surface area contributed by atoms with Gasteiger partial charge in [-0.2, -0.15) is 0 Å². The molecule has 0 aliphatic carbocycles. The Morgan fingerprint density at radius 3 is 2.50 bits per heavy atom. The summed E-state index contributed by atoms with van der Waals surface area (Å²) < 4.78 is 0. The molecule has 0 bridgehead atoms. The van der Waals surface area contributed by atoms with Gasteiger partial charge < -0.3 is 0 Å². The molecule has 1 aliphatic rings. The predicted octanol–water partition coefficient (Wildman–Crippen LogP) is 2.42. The van der Waals surface area contributed by atoms with Crippen LogP contribution >= 0.6 is 0 Å². The SMILES string of the molecule is CCCC[SiH]1CCC1. The summed E-state index contributed by atoms with van der Waals surface area (Å²) in [5.41, 5.74) is 0. The summed E-state index contributed by atoms with van der Waals surface area (Å²) >= 11 is 0. The molecule has 0 radical (unpaired) electrons. The maximum atomic E-state index is 2.30. The zero-order chi connectivity index (χ0) is 5.82. The topological polar surface area (TPSA) is 0 Å². The van der Waals surface area contributed by atoms with E-state index in [0.717, 1.165) is 0 Å². The van der Waals surface area contributed by atoms with Crippen LogP contribution < -0.4 is 0 Å². The number of unbranched alkanes of at least 4 members (excludes halogenated alkanes) is 1. The molecule has 48 valence electrons. The van der Waals surface area contributed by atoms with Crippen molar-refractivity contribution in [3.8, 4) is 0 Å². The lowest BCUT2D eigenvalue weighted by Gasteiger charge is -2.22. The fourth-order valence-corrected chi connectivity index (χ4v) is 3.82. The fourth-order valence-electron chi connectivity index (χ4n) is 1.27. The van der Waals surface area contributed by atoms with E-state index < -0.39 is 0 Å². The van der Waals surface area contributed by atoms with Crippen molar-refractivity contribution in [2.24, 2.45) is 0 Å². The van der Waals surface area contributed by atoms with Crippen LogP contribution in [0, 0.1) is 0 Å². The maximum Gasteiger partial charge on any atom is 0.0367 e. The van der Waals surface area contributed by atoms with Crippen LogP contribution in [0.2, 0.25) is 18.1 Å². The van der Waals surface area contributed by atoms with E-state index >= 15 is 0 Å². The lowest BCUT2D eigenvalue weighted by molar-refractivity contribution is 0.831. The molecule has 0 aromatic heterocycles. The maximum absolute atomic E-state index is 2.30. The summed E-state index contributed by atoms with van der Waals surface area (Å²) in [4.78, 5) is 0. The second kappa shape index (κ2) is 3.28. The molecular weight excluding hydrogens is 112 g/mol. The van der Waals surface area contributed by atoms with E-state index in [-0.39, 0.29) is 8.80 Å². The van der Waals surface area contributed by atoms with Gasteiger partial charge in [-0.1, -0.05) is 44.3 Å². The lowest BCUT2D eigenvalue weighted by atomic mass is 10.4. The van der Waals surface area contributed by atoms with Crippen molar-refractivity contribution in [2.45, 2.75) is 44.3 Å². The first-order chi connectivity index (χ1) is 3.93. The average Bonchev–Trinajstić information content (AvgIpc) is 1.63. The third kappa shape index (κ3) is 1.62. The Kier molecular flexibility index (Phi) is 2.60. The smallest absolute Gasteiger partial charge is 0.0367 e. The summed E-state index contributed by atoms with van der Waals surface area (Å²) in [7, 11) is -0.0184. The highest BCUT2D eigenvalue weighted by molar-refractivity contribution is 6.61. The molecule has 0 aromatic carbocycles. The molecule has 1 heteroatoms. The highest BCUT2D eigenvalue weighted by atomic mass is 28.3. The van der Waals surface area contributed by atoms with Gasteiger partial charge in [0.1, 0.15) is 0 Å². The number of hydrogen-bond acceptors (Lipinski definition) is 0. The van der Waals surface area contributed by atoms with Gasteiger partial charge in [-0.15, -0.1) is 0 Å². The molecule has 0 saturated carbocycles. The molecule has 0 unspecified atom stereocenters. The van der Waals surface area contributed by atoms with Gasteiger partial charge in [0.05, 0.1) is 0 Å². The molecule has 0 N–H and O–H groups in total. The van der Waals surface area contributed by atoms with E-state index in [9.17, 15) is 0 Å². The fraction of sp³-hybridized carbons (Fsp3) is 1.00. The van der Waals surface area contributed by atoms with Gasteiger partial charge in [0.2, 0.25) is 0 Å². The van der Waals surface area contributed by atoms with Crippen molar-refractivity contribution in [1.82, 2.24) is 0 Å². The van der Waals surface area contributed by atoms with Gasteiger partial charge in [0.25, 0.3) is 0 Å². The van der Waals surface area contributed by atoms with Crippen LogP contribution in [0.15, 0.2) is 0 Å². The summed E-state index contributed by atoms with van der Waals surface area (Å²) in [6.07, 6.45) is 4.51. The second-order valence-corrected chi connectivity index (χ2v) is 6.40. The zero-order valence-corrected chi connectivity index (χ0v) is 6.97. The summed E-state index contributed by atoms with van der Waals surface area (Å²) in [5, 5.41) is 0. The van der Waals surface area contributed by atoms with Crippen LogP contribution in [0.1, 0.15) is 26.2 Å². The minimum absolute atomic E-state index is 0.0184. The van der Waals surface area contributed by atoms with Crippen LogP contribution in [-0.4, -0.2) is 8.80 Å². The van der Waals surface area contributed by atoms with Crippen molar-refractivity contribution >= 4 is 8.80 Å². The first-order valence-corrected chi connectivity index (χ1v) is 6.38. The molecule has 1 heterocycles. The Morgan fingerprint density at radius 1 is 1.38 bits per heavy atom. The van der Waals surface area contributed by atoms with Gasteiger partial charge in [-0.05, 0) is 0 Å². The quantitative estimate of drug-likeness (QED) is 0.512. The summed E-state index contributed by atoms with van der Waals surface area (Å²) in [6, 6.07) is 4.98. The van der Waals surface area contributed by atoms with Crippen LogP contribution in [0.3, 0.4) is 0 Å². The number of hydrogen-bond donors (Lipinski definition) is 0. The van der Waals surface area contributed by atoms with Crippen LogP contribution in [-0.2, 0) is 0 Å². The number of rotatable bonds is 3. The van der Waals surface area contributed by atoms with Crippen molar-refractivity contribution in [2.75, 3.05) is 0 Å². The van der Waals surface area contributed by atoms with E-state index in [2.05, 4.69) is 6.92 Å². The Balaban J connectivity index is 1.86. The standard InChI is InChI=1S/C7H16Si/c1-2-3-5-8-6-4-7-8/h8H,2-7H2,1H3. The third-order valence-electron chi connectivity index (χ3n) is 2.19. The van der Waals surface area contributed by atoms with Crippen molar-refractivity contribution in [3.63, 3.8) is 0 Å². The second-order valence-electron chi connectivity index (χ2n) is 2.94. The van der Waals surface area contributed by atoms with Crippen molar-refractivity contribution in [1.29, 1.82) is 0 Å². The first-order valence-electron chi connectivity index (χ1n) is 3.93. The van der Waals surface area contributed by atoms with E-state index in [0.29, 0.717) is 0 Å². The van der Waals surface area contributed by atoms with E-state index in [1.807, 2.05) is 0 Å². The van der Waals surface area contributed by atoms with Gasteiger partial charge in [-0.3, -0.25) is 0 Å². The molecule has 1 saturated heterocycles. The van der Waals surface area contributed by atoms with Gasteiger partial charge in [-0.25, -0.2) is 0 Å². The molecule has 1 rings (SSSR count). The minimum atomic E-state index is -0.0184. The van der Waals surface area contributed by atoms with E-state index in [4.69, 9.17) is 0 Å². The molecule has 0 amide bonds. The Bertz CT molecular complexity index is 57.4. The van der Waals surface area contributed by atoms with Crippen LogP contribution in [0.5, 0.6) is 0 Å². The zero-order valence-electron chi connectivity index (χ0n) is 5.82. The van der Waals surface area contributed by atoms with Crippen LogP contribution in [0.4, 0.5) is 0 Å². The molecule has 1 aliphatic heterocycles. The van der Waals surface area contributed by atoms with Gasteiger partial charge in [0, 0.05) is 8.80 Å². The van der Waals surface area contributed by atoms with Crippen molar-refractivity contribution in [3.05, 3.63) is 0 Å². The molecule has 0 aromatic rings. The van der Waals surface area contributed by atoms with Crippen molar-refractivity contribution < 1.29 is 0 Å². The summed E-state index contributed by atoms with van der Waals surface area (Å²) in [6.45, 7) is 2.30. The normalized spacial score (nSPS) is 20.6. The van der Waals surface area contributed by atoms with E-state index in [1.165, 1.54) is 12.8 Å². The average molecular weight is 128 g/mol. The minimum Gasteiger partial charge on any atom is -0.0654 e. The lowest BCUT2D eigenvalue weighted by Crippen LogP contribution is -2.20. The van der Waals surface area contributed by atoms with E-state index in [1.54, 1.807) is 24.6 Å².